The Kier molecular flexibility index (Phi) is 3.42. The second-order valence-electron chi connectivity index (χ2n) is 4.89. The lowest BCUT2D eigenvalue weighted by Crippen LogP contribution is -2.45. The first kappa shape index (κ1) is 12.1. The molecule has 0 bridgehead atoms. The second-order valence-corrected chi connectivity index (χ2v) is 4.89. The number of carbonyl (C=O) groups excluding carboxylic acids is 1. The van der Waals surface area contributed by atoms with Crippen molar-refractivity contribution < 1.29 is 4.79 Å². The predicted octanol–water partition coefficient (Wildman–Crippen LogP) is 1.72. The number of nitrogens with zero attached hydrogens (tertiary/aromatic N) is 1. The first-order chi connectivity index (χ1) is 9.34. The van der Waals surface area contributed by atoms with Gasteiger partial charge < -0.3 is 10.6 Å². The summed E-state index contributed by atoms with van der Waals surface area (Å²) in [5, 5.41) is 7.31. The minimum absolute atomic E-state index is 0.00713. The van der Waals surface area contributed by atoms with Gasteiger partial charge in [0.25, 0.3) is 5.91 Å². The molecule has 1 aliphatic heterocycles. The highest BCUT2D eigenvalue weighted by atomic mass is 16.1. The summed E-state index contributed by atoms with van der Waals surface area (Å²) in [6, 6.07) is 9.69. The number of fused-ring (bicyclic) bond motifs is 1. The topological polar surface area (TPSA) is 54.0 Å². The lowest BCUT2D eigenvalue weighted by Gasteiger charge is -2.24. The third-order valence-electron chi connectivity index (χ3n) is 3.52. The number of aromatic nitrogens is 1. The number of piperidine rings is 1. The van der Waals surface area contributed by atoms with Gasteiger partial charge >= 0.3 is 0 Å². The summed E-state index contributed by atoms with van der Waals surface area (Å²) in [6.45, 7) is 1.90. The molecule has 1 aromatic heterocycles. The molecule has 4 nitrogen and oxygen atoms in total. The average Bonchev–Trinajstić information content (AvgIpc) is 2.47. The van der Waals surface area contributed by atoms with E-state index in [1.54, 1.807) is 6.20 Å². The van der Waals surface area contributed by atoms with E-state index in [4.69, 9.17) is 0 Å². The number of benzene rings is 1. The van der Waals surface area contributed by atoms with Gasteiger partial charge in [0.2, 0.25) is 0 Å². The van der Waals surface area contributed by atoms with Gasteiger partial charge in [-0.15, -0.1) is 0 Å². The molecule has 1 saturated heterocycles. The Morgan fingerprint density at radius 1 is 1.32 bits per heavy atom. The summed E-state index contributed by atoms with van der Waals surface area (Å²) < 4.78 is 0. The van der Waals surface area contributed by atoms with Crippen molar-refractivity contribution >= 4 is 16.8 Å². The molecule has 19 heavy (non-hydrogen) atoms. The average molecular weight is 255 g/mol. The Bertz CT molecular complexity index is 585. The molecular weight excluding hydrogens is 238 g/mol. The molecule has 0 aliphatic carbocycles. The number of hydrogen-bond donors (Lipinski definition) is 2. The van der Waals surface area contributed by atoms with Gasteiger partial charge in [0.15, 0.2) is 0 Å². The summed E-state index contributed by atoms with van der Waals surface area (Å²) in [5.74, 6) is -0.00713. The maximum absolute atomic E-state index is 12.4. The zero-order valence-corrected chi connectivity index (χ0v) is 10.7. The van der Waals surface area contributed by atoms with Crippen LogP contribution >= 0.6 is 0 Å². The van der Waals surface area contributed by atoms with Crippen molar-refractivity contribution in [2.75, 3.05) is 13.1 Å². The predicted molar refractivity (Wildman–Crippen MR) is 75.1 cm³/mol. The number of rotatable bonds is 2. The van der Waals surface area contributed by atoms with Gasteiger partial charge in [0, 0.05) is 29.7 Å². The van der Waals surface area contributed by atoms with Crippen molar-refractivity contribution in [3.05, 3.63) is 42.1 Å². The van der Waals surface area contributed by atoms with Crippen molar-refractivity contribution in [1.82, 2.24) is 15.6 Å². The molecule has 1 fully saturated rings. The van der Waals surface area contributed by atoms with E-state index < -0.39 is 0 Å². The van der Waals surface area contributed by atoms with Crippen LogP contribution in [0, 0.1) is 0 Å². The van der Waals surface area contributed by atoms with Crippen molar-refractivity contribution in [2.45, 2.75) is 18.9 Å². The SMILES string of the molecule is O=C(NC1CCCNC1)c1cccc2ncccc12. The van der Waals surface area contributed by atoms with Crippen LogP contribution in [0.1, 0.15) is 23.2 Å². The smallest absolute Gasteiger partial charge is 0.252 e. The monoisotopic (exact) mass is 255 g/mol. The van der Waals surface area contributed by atoms with Gasteiger partial charge in [-0.1, -0.05) is 12.1 Å². The van der Waals surface area contributed by atoms with E-state index in [9.17, 15) is 4.79 Å². The highest BCUT2D eigenvalue weighted by molar-refractivity contribution is 6.06. The Labute approximate surface area is 112 Å². The molecule has 2 aromatic rings. The van der Waals surface area contributed by atoms with E-state index in [0.29, 0.717) is 5.56 Å². The van der Waals surface area contributed by atoms with E-state index in [1.165, 1.54) is 0 Å². The fourth-order valence-corrected chi connectivity index (χ4v) is 2.54. The van der Waals surface area contributed by atoms with E-state index in [1.807, 2.05) is 30.3 Å². The van der Waals surface area contributed by atoms with Crippen molar-refractivity contribution in [3.63, 3.8) is 0 Å². The third kappa shape index (κ3) is 2.58. The maximum atomic E-state index is 12.4. The molecule has 1 aromatic carbocycles. The Morgan fingerprint density at radius 2 is 2.26 bits per heavy atom. The quantitative estimate of drug-likeness (QED) is 0.859. The van der Waals surface area contributed by atoms with Gasteiger partial charge in [0.1, 0.15) is 0 Å². The normalized spacial score (nSPS) is 19.3. The number of carbonyl (C=O) groups is 1. The van der Waals surface area contributed by atoms with E-state index in [0.717, 1.165) is 36.8 Å². The largest absolute Gasteiger partial charge is 0.348 e. The van der Waals surface area contributed by atoms with E-state index in [-0.39, 0.29) is 11.9 Å². The van der Waals surface area contributed by atoms with E-state index in [2.05, 4.69) is 15.6 Å². The third-order valence-corrected chi connectivity index (χ3v) is 3.52. The first-order valence-corrected chi connectivity index (χ1v) is 6.70. The molecule has 1 unspecified atom stereocenters. The standard InChI is InChI=1S/C15H17N3O/c19-15(18-11-4-2-8-16-10-11)13-5-1-7-14-12(13)6-3-9-17-14/h1,3,5-7,9,11,16H,2,4,8,10H2,(H,18,19). The zero-order chi connectivity index (χ0) is 13.1. The van der Waals surface area contributed by atoms with Crippen LogP contribution in [0.5, 0.6) is 0 Å². The molecule has 1 atom stereocenters. The number of hydrogen-bond acceptors (Lipinski definition) is 3. The highest BCUT2D eigenvalue weighted by Gasteiger charge is 2.17. The first-order valence-electron chi connectivity index (χ1n) is 6.70. The lowest BCUT2D eigenvalue weighted by atomic mass is 10.0. The van der Waals surface area contributed by atoms with Crippen molar-refractivity contribution in [3.8, 4) is 0 Å². The van der Waals surface area contributed by atoms with Gasteiger partial charge in [-0.05, 0) is 37.6 Å². The van der Waals surface area contributed by atoms with Gasteiger partial charge in [-0.25, -0.2) is 0 Å². The molecule has 3 rings (SSSR count). The van der Waals surface area contributed by atoms with Crippen LogP contribution in [0.4, 0.5) is 0 Å². The maximum Gasteiger partial charge on any atom is 0.252 e. The molecule has 0 saturated carbocycles. The number of nitrogens with one attached hydrogen (secondary N) is 2. The fraction of sp³-hybridized carbons (Fsp3) is 0.333. The molecular formula is C15H17N3O. The summed E-state index contributed by atoms with van der Waals surface area (Å²) >= 11 is 0. The summed E-state index contributed by atoms with van der Waals surface area (Å²) in [5.41, 5.74) is 1.56. The Hall–Kier alpha value is -1.94. The number of amides is 1. The molecule has 2 N–H and O–H groups in total. The second kappa shape index (κ2) is 5.36. The summed E-state index contributed by atoms with van der Waals surface area (Å²) in [6.07, 6.45) is 3.90. The van der Waals surface area contributed by atoms with Gasteiger partial charge in [-0.3, -0.25) is 9.78 Å². The van der Waals surface area contributed by atoms with E-state index >= 15 is 0 Å². The molecule has 98 valence electrons. The minimum atomic E-state index is -0.00713. The van der Waals surface area contributed by atoms with Crippen LogP contribution in [0.3, 0.4) is 0 Å². The summed E-state index contributed by atoms with van der Waals surface area (Å²) in [7, 11) is 0. The highest BCUT2D eigenvalue weighted by Crippen LogP contribution is 2.16. The van der Waals surface area contributed by atoms with Crippen LogP contribution < -0.4 is 10.6 Å². The molecule has 0 spiro atoms. The number of pyridine rings is 1. The van der Waals surface area contributed by atoms with Crippen LogP contribution in [0.15, 0.2) is 36.5 Å². The Morgan fingerprint density at radius 3 is 3.11 bits per heavy atom. The Balaban J connectivity index is 1.85. The zero-order valence-electron chi connectivity index (χ0n) is 10.7. The van der Waals surface area contributed by atoms with Crippen LogP contribution in [0.25, 0.3) is 10.9 Å². The molecule has 4 heteroatoms. The van der Waals surface area contributed by atoms with Crippen LogP contribution in [-0.2, 0) is 0 Å². The van der Waals surface area contributed by atoms with Crippen LogP contribution in [-0.4, -0.2) is 30.0 Å². The summed E-state index contributed by atoms with van der Waals surface area (Å²) in [4.78, 5) is 16.6. The molecule has 0 radical (unpaired) electrons. The van der Waals surface area contributed by atoms with Crippen molar-refractivity contribution in [1.29, 1.82) is 0 Å². The fourth-order valence-electron chi connectivity index (χ4n) is 2.54. The molecule has 1 amide bonds. The van der Waals surface area contributed by atoms with Crippen LogP contribution in [0.2, 0.25) is 0 Å². The van der Waals surface area contributed by atoms with Gasteiger partial charge in [0.05, 0.1) is 5.52 Å². The lowest BCUT2D eigenvalue weighted by molar-refractivity contribution is 0.0932. The van der Waals surface area contributed by atoms with Crippen molar-refractivity contribution in [2.24, 2.45) is 0 Å². The van der Waals surface area contributed by atoms with Gasteiger partial charge in [-0.2, -0.15) is 0 Å². The molecule has 1 aliphatic rings. The minimum Gasteiger partial charge on any atom is -0.348 e. The molecule has 2 heterocycles.